The fourth-order valence-electron chi connectivity index (χ4n) is 4.54. The van der Waals surface area contributed by atoms with Crippen LogP contribution in [0, 0.1) is 0 Å². The zero-order valence-electron chi connectivity index (χ0n) is 22.7. The fraction of sp³-hybridized carbons (Fsp3) is 0.286. The molecule has 43 heavy (non-hydrogen) atoms. The number of rotatable bonds is 7. The number of anilines is 1. The number of aromatic nitrogens is 6. The van der Waals surface area contributed by atoms with Crippen molar-refractivity contribution in [1.82, 2.24) is 29.2 Å². The van der Waals surface area contributed by atoms with Crippen LogP contribution in [0.15, 0.2) is 55.4 Å². The summed E-state index contributed by atoms with van der Waals surface area (Å²) in [7, 11) is 0. The normalized spacial score (nSPS) is 16.5. The van der Waals surface area contributed by atoms with Crippen LogP contribution in [-0.2, 0) is 13.2 Å². The first-order chi connectivity index (χ1) is 20.7. The van der Waals surface area contributed by atoms with Crippen molar-refractivity contribution < 1.29 is 34.8 Å². The number of nitrogens with one attached hydrogen (secondary N) is 1. The van der Waals surface area contributed by atoms with Crippen molar-refractivity contribution in [2.24, 2.45) is 0 Å². The Kier molecular flexibility index (Phi) is 9.11. The highest BCUT2D eigenvalue weighted by molar-refractivity contribution is 6.31. The minimum absolute atomic E-state index is 0.0224. The van der Waals surface area contributed by atoms with Crippen molar-refractivity contribution in [1.29, 1.82) is 0 Å². The number of carboxylic acids is 1. The smallest absolute Gasteiger partial charge is 0.341 e. The summed E-state index contributed by atoms with van der Waals surface area (Å²) < 4.78 is 8.85. The zero-order valence-corrected chi connectivity index (χ0v) is 23.4. The van der Waals surface area contributed by atoms with E-state index in [1.807, 2.05) is 0 Å². The number of carbonyl (C=O) groups excluding carboxylic acids is 1. The van der Waals surface area contributed by atoms with Gasteiger partial charge in [0.05, 0.1) is 43.5 Å². The summed E-state index contributed by atoms with van der Waals surface area (Å²) in [6.45, 7) is -0.309. The Morgan fingerprint density at radius 3 is 2.07 bits per heavy atom. The van der Waals surface area contributed by atoms with E-state index < -0.39 is 11.9 Å². The molecule has 4 heterocycles. The van der Waals surface area contributed by atoms with E-state index in [4.69, 9.17) is 26.6 Å². The highest BCUT2D eigenvalue weighted by Crippen LogP contribution is 2.32. The molecule has 15 heteroatoms. The van der Waals surface area contributed by atoms with E-state index in [0.29, 0.717) is 51.6 Å². The van der Waals surface area contributed by atoms with Crippen LogP contribution in [0.25, 0.3) is 11.3 Å². The van der Waals surface area contributed by atoms with Gasteiger partial charge in [-0.05, 0) is 43.9 Å². The number of aliphatic hydroxyl groups is 3. The third-order valence-corrected chi connectivity index (χ3v) is 7.02. The zero-order chi connectivity index (χ0) is 30.5. The molecule has 5 aromatic rings. The monoisotopic (exact) mass is 609 g/mol. The first-order valence-corrected chi connectivity index (χ1v) is 13.7. The number of carbonyl (C=O) groups is 2. The molecular weight excluding hydrogens is 582 g/mol. The van der Waals surface area contributed by atoms with Gasteiger partial charge >= 0.3 is 5.97 Å². The maximum absolute atomic E-state index is 12.9. The second-order valence-corrected chi connectivity index (χ2v) is 10.3. The second kappa shape index (κ2) is 13.1. The first-order valence-electron chi connectivity index (χ1n) is 13.3. The lowest BCUT2D eigenvalue weighted by Gasteiger charge is -2.27. The Balaban J connectivity index is 0.000000220. The molecule has 1 saturated carbocycles. The molecule has 6 rings (SSSR count). The number of aromatic carboxylic acids is 1. The van der Waals surface area contributed by atoms with Crippen LogP contribution in [0.4, 0.5) is 5.69 Å². The first kappa shape index (κ1) is 29.8. The maximum Gasteiger partial charge on any atom is 0.341 e. The molecule has 0 atom stereocenters. The van der Waals surface area contributed by atoms with Gasteiger partial charge in [-0.15, -0.1) is 0 Å². The predicted octanol–water partition coefficient (Wildman–Crippen LogP) is 2.73. The van der Waals surface area contributed by atoms with Gasteiger partial charge in [0.2, 0.25) is 0 Å². The standard InChI is InChI=1S/C20H21ClN4O4.C8H7N3O3/c21-13-1-6-18(29-15-4-2-14(27)3-5-15)17(7-13)24-20(28)16-9-23-25-10-12(11-26)8-22-19(16)25;12-4-5-1-9-7-6(8(13)14)2-10-11(7)3-5/h1,6-10,14-15,26-27H,2-5,11H2,(H,24,28);1-3,12H,4H2,(H,13,14). The van der Waals surface area contributed by atoms with Gasteiger partial charge in [0.1, 0.15) is 16.9 Å². The average Bonchev–Trinajstić information content (AvgIpc) is 3.63. The number of carboxylic acid groups (broad SMARTS) is 1. The fourth-order valence-corrected chi connectivity index (χ4v) is 4.71. The minimum Gasteiger partial charge on any atom is -0.488 e. The molecule has 1 amide bonds. The second-order valence-electron chi connectivity index (χ2n) is 9.84. The highest BCUT2D eigenvalue weighted by Gasteiger charge is 2.23. The number of fused-ring (bicyclic) bond motifs is 2. The number of amides is 1. The Morgan fingerprint density at radius 1 is 0.907 bits per heavy atom. The topological polar surface area (TPSA) is 197 Å². The SMILES string of the molecule is O=C(Nc1cc(Cl)ccc1OC1CCC(O)CC1)c1cnn2cc(CO)cnc12.O=C(O)c1cnn2cc(CO)cnc12. The third-order valence-electron chi connectivity index (χ3n) is 6.79. The quantitative estimate of drug-likeness (QED) is 0.182. The summed E-state index contributed by atoms with van der Waals surface area (Å²) in [6, 6.07) is 5.07. The van der Waals surface area contributed by atoms with Crippen LogP contribution >= 0.6 is 11.6 Å². The lowest BCUT2D eigenvalue weighted by molar-refractivity contribution is 0.0669. The lowest BCUT2D eigenvalue weighted by atomic mass is 9.95. The van der Waals surface area contributed by atoms with E-state index in [2.05, 4.69) is 25.5 Å². The van der Waals surface area contributed by atoms with E-state index in [1.54, 1.807) is 24.4 Å². The molecular formula is C28H28ClN7O7. The van der Waals surface area contributed by atoms with Crippen molar-refractivity contribution in [2.75, 3.05) is 5.32 Å². The largest absolute Gasteiger partial charge is 0.488 e. The Labute approximate surface area is 249 Å². The van der Waals surface area contributed by atoms with Gasteiger partial charge in [0.25, 0.3) is 5.91 Å². The van der Waals surface area contributed by atoms with Crippen LogP contribution < -0.4 is 10.1 Å². The Morgan fingerprint density at radius 2 is 1.49 bits per heavy atom. The number of hydrogen-bond acceptors (Lipinski definition) is 10. The molecule has 0 aliphatic heterocycles. The van der Waals surface area contributed by atoms with Crippen molar-refractivity contribution >= 4 is 40.5 Å². The lowest BCUT2D eigenvalue weighted by Crippen LogP contribution is -2.27. The molecule has 4 aromatic heterocycles. The van der Waals surface area contributed by atoms with Gasteiger partial charge in [-0.2, -0.15) is 10.2 Å². The summed E-state index contributed by atoms with van der Waals surface area (Å²) in [5, 5.41) is 47.7. The Hall–Kier alpha value is -4.63. The molecule has 0 saturated heterocycles. The van der Waals surface area contributed by atoms with Crippen LogP contribution in [0.5, 0.6) is 5.75 Å². The van der Waals surface area contributed by atoms with Gasteiger partial charge in [-0.1, -0.05) is 11.6 Å². The highest BCUT2D eigenvalue weighted by atomic mass is 35.5. The van der Waals surface area contributed by atoms with E-state index in [-0.39, 0.29) is 36.6 Å². The van der Waals surface area contributed by atoms with Crippen LogP contribution in [-0.4, -0.2) is 73.7 Å². The van der Waals surface area contributed by atoms with E-state index in [0.717, 1.165) is 12.8 Å². The van der Waals surface area contributed by atoms with Crippen molar-refractivity contribution in [2.45, 2.75) is 51.1 Å². The molecule has 1 aliphatic carbocycles. The molecule has 224 valence electrons. The maximum atomic E-state index is 12.9. The molecule has 0 bridgehead atoms. The van der Waals surface area contributed by atoms with E-state index in [9.17, 15) is 19.8 Å². The summed E-state index contributed by atoms with van der Waals surface area (Å²) in [5.74, 6) is -0.934. The minimum atomic E-state index is -1.07. The molecule has 14 nitrogen and oxygen atoms in total. The van der Waals surface area contributed by atoms with E-state index >= 15 is 0 Å². The summed E-state index contributed by atoms with van der Waals surface area (Å²) >= 11 is 6.12. The van der Waals surface area contributed by atoms with Crippen LogP contribution in [0.1, 0.15) is 57.5 Å². The van der Waals surface area contributed by atoms with Crippen molar-refractivity contribution in [3.63, 3.8) is 0 Å². The summed E-state index contributed by atoms with van der Waals surface area (Å²) in [5.41, 5.74) is 2.63. The average molecular weight is 610 g/mol. The van der Waals surface area contributed by atoms with Crippen molar-refractivity contribution in [3.05, 3.63) is 82.7 Å². The number of ether oxygens (including phenoxy) is 1. The molecule has 1 aromatic carbocycles. The molecule has 5 N–H and O–H groups in total. The number of hydrogen-bond donors (Lipinski definition) is 5. The number of halogens is 1. The van der Waals surface area contributed by atoms with Gasteiger partial charge in [0, 0.05) is 40.9 Å². The molecule has 1 aliphatic rings. The van der Waals surface area contributed by atoms with Gasteiger partial charge in [0.15, 0.2) is 11.3 Å². The molecule has 0 radical (unpaired) electrons. The van der Waals surface area contributed by atoms with Gasteiger partial charge in [-0.25, -0.2) is 23.8 Å². The summed E-state index contributed by atoms with van der Waals surface area (Å²) in [4.78, 5) is 31.7. The van der Waals surface area contributed by atoms with Crippen LogP contribution in [0.2, 0.25) is 5.02 Å². The third kappa shape index (κ3) is 6.89. The van der Waals surface area contributed by atoms with Crippen LogP contribution in [0.3, 0.4) is 0 Å². The summed E-state index contributed by atoms with van der Waals surface area (Å²) in [6.07, 6.45) is 11.3. The van der Waals surface area contributed by atoms with Gasteiger partial charge in [-0.3, -0.25) is 4.79 Å². The molecule has 0 unspecified atom stereocenters. The molecule has 1 fully saturated rings. The van der Waals surface area contributed by atoms with E-state index in [1.165, 1.54) is 40.0 Å². The van der Waals surface area contributed by atoms with Gasteiger partial charge < -0.3 is 30.5 Å². The van der Waals surface area contributed by atoms with Crippen molar-refractivity contribution in [3.8, 4) is 5.75 Å². The number of nitrogens with zero attached hydrogens (tertiary/aromatic N) is 6. The number of aliphatic hydroxyl groups excluding tert-OH is 3. The molecule has 0 spiro atoms. The Bertz CT molecular complexity index is 1770. The number of benzene rings is 1. The predicted molar refractivity (Wildman–Crippen MR) is 153 cm³/mol.